The van der Waals surface area contributed by atoms with Gasteiger partial charge in [0.15, 0.2) is 0 Å². The van der Waals surface area contributed by atoms with Crippen LogP contribution < -0.4 is 0 Å². The van der Waals surface area contributed by atoms with E-state index < -0.39 is 10.0 Å². The summed E-state index contributed by atoms with van der Waals surface area (Å²) in [6.45, 7) is 6.84. The summed E-state index contributed by atoms with van der Waals surface area (Å²) in [6, 6.07) is 6.30. The molecule has 0 N–H and O–H groups in total. The van der Waals surface area contributed by atoms with E-state index in [9.17, 15) is 8.42 Å². The molecule has 0 radical (unpaired) electrons. The summed E-state index contributed by atoms with van der Waals surface area (Å²) in [7, 11) is -3.46. The molecule has 0 aliphatic carbocycles. The summed E-state index contributed by atoms with van der Waals surface area (Å²) in [5, 5.41) is 4.49. The summed E-state index contributed by atoms with van der Waals surface area (Å²) in [6.07, 6.45) is 0. The minimum Gasteiger partial charge on any atom is -0.361 e. The van der Waals surface area contributed by atoms with Gasteiger partial charge in [0.1, 0.15) is 5.76 Å². The highest BCUT2D eigenvalue weighted by Gasteiger charge is 2.29. The number of aryl methyl sites for hydroxylation is 2. The second kappa shape index (κ2) is 6.84. The molecule has 0 saturated carbocycles. The topological polar surface area (TPSA) is 66.7 Å². The molecule has 24 heavy (non-hydrogen) atoms. The average Bonchev–Trinajstić information content (AvgIpc) is 2.88. The van der Waals surface area contributed by atoms with Crippen LogP contribution in [0.1, 0.15) is 17.0 Å². The van der Waals surface area contributed by atoms with Crippen LogP contribution in [0.25, 0.3) is 0 Å². The molecule has 2 aromatic rings. The number of benzene rings is 1. The van der Waals surface area contributed by atoms with Gasteiger partial charge >= 0.3 is 0 Å². The molecule has 0 amide bonds. The molecule has 0 atom stereocenters. The Morgan fingerprint density at radius 2 is 1.75 bits per heavy atom. The van der Waals surface area contributed by atoms with E-state index in [0.717, 1.165) is 23.6 Å². The number of rotatable bonds is 4. The second-order valence-corrected chi connectivity index (χ2v) is 8.31. The predicted octanol–water partition coefficient (Wildman–Crippen LogP) is 2.45. The third-order valence-electron chi connectivity index (χ3n) is 4.35. The molecule has 130 valence electrons. The highest BCUT2D eigenvalue weighted by atomic mass is 35.5. The standard InChI is InChI=1S/C16H20ClN3O3S/c1-12-16(13(2)23-18-12)11-19-7-9-20(10-8-19)24(21,22)15-5-3-14(17)4-6-15/h3-6H,7-11H2,1-2H3. The summed E-state index contributed by atoms with van der Waals surface area (Å²) in [5.74, 6) is 0.823. The molecular weight excluding hydrogens is 350 g/mol. The maximum atomic E-state index is 12.7. The fourth-order valence-electron chi connectivity index (χ4n) is 2.83. The smallest absolute Gasteiger partial charge is 0.243 e. The minimum absolute atomic E-state index is 0.283. The highest BCUT2D eigenvalue weighted by molar-refractivity contribution is 7.89. The monoisotopic (exact) mass is 369 g/mol. The number of nitrogens with zero attached hydrogens (tertiary/aromatic N) is 3. The first-order valence-electron chi connectivity index (χ1n) is 7.78. The lowest BCUT2D eigenvalue weighted by atomic mass is 10.2. The summed E-state index contributed by atoms with van der Waals surface area (Å²) >= 11 is 5.83. The van der Waals surface area contributed by atoms with Gasteiger partial charge in [-0.1, -0.05) is 16.8 Å². The Morgan fingerprint density at radius 3 is 2.29 bits per heavy atom. The first kappa shape index (κ1) is 17.4. The van der Waals surface area contributed by atoms with Crippen molar-refractivity contribution in [2.75, 3.05) is 26.2 Å². The van der Waals surface area contributed by atoms with Gasteiger partial charge in [0.25, 0.3) is 0 Å². The second-order valence-electron chi connectivity index (χ2n) is 5.94. The molecule has 0 unspecified atom stereocenters. The number of piperazine rings is 1. The lowest BCUT2D eigenvalue weighted by Gasteiger charge is -2.33. The first-order chi connectivity index (χ1) is 11.4. The Kier molecular flexibility index (Phi) is 4.96. The predicted molar refractivity (Wildman–Crippen MR) is 91.5 cm³/mol. The van der Waals surface area contributed by atoms with E-state index in [1.54, 1.807) is 24.3 Å². The maximum Gasteiger partial charge on any atom is 0.243 e. The van der Waals surface area contributed by atoms with Crippen molar-refractivity contribution in [1.29, 1.82) is 0 Å². The number of aromatic nitrogens is 1. The average molecular weight is 370 g/mol. The third-order valence-corrected chi connectivity index (χ3v) is 6.51. The van der Waals surface area contributed by atoms with Crippen LogP contribution in [0, 0.1) is 13.8 Å². The summed E-state index contributed by atoms with van der Waals surface area (Å²) in [4.78, 5) is 2.51. The number of hydrogen-bond donors (Lipinski definition) is 0. The van der Waals surface area contributed by atoms with Gasteiger partial charge in [0, 0.05) is 43.3 Å². The minimum atomic E-state index is -3.46. The number of halogens is 1. The molecule has 6 nitrogen and oxygen atoms in total. The van der Waals surface area contributed by atoms with E-state index >= 15 is 0 Å². The van der Waals surface area contributed by atoms with Crippen LogP contribution in [0.2, 0.25) is 5.02 Å². The van der Waals surface area contributed by atoms with Gasteiger partial charge in [-0.3, -0.25) is 4.90 Å². The Morgan fingerprint density at radius 1 is 1.12 bits per heavy atom. The zero-order valence-corrected chi connectivity index (χ0v) is 15.3. The third kappa shape index (κ3) is 3.49. The van der Waals surface area contributed by atoms with Crippen molar-refractivity contribution in [3.05, 3.63) is 46.3 Å². The lowest BCUT2D eigenvalue weighted by Crippen LogP contribution is -2.48. The molecule has 3 rings (SSSR count). The maximum absolute atomic E-state index is 12.7. The summed E-state index contributed by atoms with van der Waals surface area (Å²) in [5.41, 5.74) is 1.98. The molecule has 0 spiro atoms. The van der Waals surface area contributed by atoms with Crippen molar-refractivity contribution in [2.45, 2.75) is 25.3 Å². The fourth-order valence-corrected chi connectivity index (χ4v) is 4.38. The quantitative estimate of drug-likeness (QED) is 0.828. The van der Waals surface area contributed by atoms with Crippen molar-refractivity contribution in [1.82, 2.24) is 14.4 Å². The van der Waals surface area contributed by atoms with E-state index in [4.69, 9.17) is 16.1 Å². The van der Waals surface area contributed by atoms with Gasteiger partial charge in [0.2, 0.25) is 10.0 Å². The van der Waals surface area contributed by atoms with Crippen LogP contribution in [0.5, 0.6) is 0 Å². The number of sulfonamides is 1. The lowest BCUT2D eigenvalue weighted by molar-refractivity contribution is 0.180. The van der Waals surface area contributed by atoms with E-state index in [1.807, 2.05) is 13.8 Å². The Hall–Kier alpha value is -1.41. The molecule has 8 heteroatoms. The van der Waals surface area contributed by atoms with Crippen molar-refractivity contribution in [3.63, 3.8) is 0 Å². The van der Waals surface area contributed by atoms with Crippen molar-refractivity contribution < 1.29 is 12.9 Å². The van der Waals surface area contributed by atoms with E-state index in [-0.39, 0.29) is 4.90 Å². The molecule has 0 bridgehead atoms. The van der Waals surface area contributed by atoms with Crippen LogP contribution in [0.15, 0.2) is 33.7 Å². The van der Waals surface area contributed by atoms with Crippen LogP contribution >= 0.6 is 11.6 Å². The Balaban J connectivity index is 1.65. The van der Waals surface area contributed by atoms with Crippen LogP contribution in [0.3, 0.4) is 0 Å². The van der Waals surface area contributed by atoms with E-state index in [2.05, 4.69) is 10.1 Å². The Bertz CT molecular complexity index is 790. The van der Waals surface area contributed by atoms with Gasteiger partial charge in [-0.05, 0) is 38.1 Å². The van der Waals surface area contributed by atoms with Gasteiger partial charge < -0.3 is 4.52 Å². The van der Waals surface area contributed by atoms with Crippen molar-refractivity contribution in [3.8, 4) is 0 Å². The molecule has 1 aromatic carbocycles. The van der Waals surface area contributed by atoms with Crippen LogP contribution in [-0.2, 0) is 16.6 Å². The molecule has 1 saturated heterocycles. The molecular formula is C16H20ClN3O3S. The van der Waals surface area contributed by atoms with Gasteiger partial charge in [-0.15, -0.1) is 0 Å². The molecule has 1 aromatic heterocycles. The highest BCUT2D eigenvalue weighted by Crippen LogP contribution is 2.21. The van der Waals surface area contributed by atoms with E-state index in [1.165, 1.54) is 4.31 Å². The summed E-state index contributed by atoms with van der Waals surface area (Å²) < 4.78 is 32.1. The zero-order chi connectivity index (χ0) is 17.3. The van der Waals surface area contributed by atoms with Gasteiger partial charge in [0.05, 0.1) is 10.6 Å². The van der Waals surface area contributed by atoms with Gasteiger partial charge in [-0.2, -0.15) is 4.31 Å². The van der Waals surface area contributed by atoms with Gasteiger partial charge in [-0.25, -0.2) is 8.42 Å². The van der Waals surface area contributed by atoms with Crippen LogP contribution in [-0.4, -0.2) is 49.0 Å². The normalized spacial score (nSPS) is 17.3. The largest absolute Gasteiger partial charge is 0.361 e. The first-order valence-corrected chi connectivity index (χ1v) is 9.59. The van der Waals surface area contributed by atoms with E-state index in [0.29, 0.717) is 31.2 Å². The molecule has 2 heterocycles. The molecule has 1 fully saturated rings. The Labute approximate surface area is 147 Å². The van der Waals surface area contributed by atoms with Crippen molar-refractivity contribution >= 4 is 21.6 Å². The van der Waals surface area contributed by atoms with Crippen LogP contribution in [0.4, 0.5) is 0 Å². The SMILES string of the molecule is Cc1noc(C)c1CN1CCN(S(=O)(=O)c2ccc(Cl)cc2)CC1. The fraction of sp³-hybridized carbons (Fsp3) is 0.438. The van der Waals surface area contributed by atoms with Crippen molar-refractivity contribution in [2.24, 2.45) is 0 Å². The number of hydrogen-bond acceptors (Lipinski definition) is 5. The zero-order valence-electron chi connectivity index (χ0n) is 13.7. The molecule has 1 aliphatic rings. The molecule has 1 aliphatic heterocycles.